The third-order valence-electron chi connectivity index (χ3n) is 4.98. The maximum absolute atomic E-state index is 13.2. The highest BCUT2D eigenvalue weighted by atomic mass is 35.5. The normalized spacial score (nSPS) is 18.5. The summed E-state index contributed by atoms with van der Waals surface area (Å²) in [5.41, 5.74) is -0.263. The van der Waals surface area contributed by atoms with Crippen LogP contribution < -0.4 is 9.64 Å². The zero-order valence-electron chi connectivity index (χ0n) is 16.4. The molecule has 0 aliphatic carbocycles. The number of cyclic esters (lactones) is 1. The molecule has 0 saturated carbocycles. The minimum atomic E-state index is -4.54. The largest absolute Gasteiger partial charge is 0.457 e. The van der Waals surface area contributed by atoms with Crippen molar-refractivity contribution < 1.29 is 32.5 Å². The number of nitrogens with zero attached hydrogens (tertiary/aromatic N) is 1. The highest BCUT2D eigenvalue weighted by Crippen LogP contribution is 2.40. The van der Waals surface area contributed by atoms with Crippen molar-refractivity contribution in [2.24, 2.45) is 0 Å². The minimum Gasteiger partial charge on any atom is -0.457 e. The van der Waals surface area contributed by atoms with E-state index in [4.69, 9.17) is 21.1 Å². The average Bonchev–Trinajstić information content (AvgIpc) is 3.11. The number of alkyl halides is 3. The highest BCUT2D eigenvalue weighted by molar-refractivity contribution is 6.30. The Kier molecular flexibility index (Phi) is 5.99. The number of anilines is 1. The van der Waals surface area contributed by atoms with Gasteiger partial charge >= 0.3 is 12.3 Å². The Labute approximate surface area is 186 Å². The van der Waals surface area contributed by atoms with E-state index in [-0.39, 0.29) is 5.56 Å². The van der Waals surface area contributed by atoms with Gasteiger partial charge in [-0.1, -0.05) is 23.7 Å². The van der Waals surface area contributed by atoms with Crippen molar-refractivity contribution in [2.75, 3.05) is 11.5 Å². The van der Waals surface area contributed by atoms with Crippen LogP contribution in [0.15, 0.2) is 72.8 Å². The zero-order chi connectivity index (χ0) is 22.9. The SMILES string of the molecule is O=C1O[C@@H](CO)[C@H](c2cccc(C(F)(F)F)c2)N1c1ccc(Oc2ccc(Cl)cc2)cc1. The van der Waals surface area contributed by atoms with Crippen molar-refractivity contribution in [3.63, 3.8) is 0 Å². The van der Waals surface area contributed by atoms with Gasteiger partial charge in [0.1, 0.15) is 17.5 Å². The molecular weight excluding hydrogens is 447 g/mol. The van der Waals surface area contributed by atoms with Crippen LogP contribution in [0.5, 0.6) is 11.5 Å². The van der Waals surface area contributed by atoms with Gasteiger partial charge in [-0.2, -0.15) is 13.2 Å². The first-order chi connectivity index (χ1) is 15.3. The lowest BCUT2D eigenvalue weighted by molar-refractivity contribution is -0.137. The summed E-state index contributed by atoms with van der Waals surface area (Å²) in [4.78, 5) is 13.8. The Morgan fingerprint density at radius 2 is 1.62 bits per heavy atom. The number of benzene rings is 3. The molecule has 1 N–H and O–H groups in total. The van der Waals surface area contributed by atoms with Gasteiger partial charge in [0.2, 0.25) is 0 Å². The van der Waals surface area contributed by atoms with Gasteiger partial charge in [0.05, 0.1) is 12.2 Å². The highest BCUT2D eigenvalue weighted by Gasteiger charge is 2.44. The standard InChI is InChI=1S/C23H17ClF3NO4/c24-16-4-8-18(9-5-16)31-19-10-6-17(7-11-19)28-21(20(13-29)32-22(28)30)14-2-1-3-15(12-14)23(25,26)27/h1-12,20-21,29H,13H2/t20-,21-/m0/s1. The molecule has 3 aromatic carbocycles. The van der Waals surface area contributed by atoms with E-state index in [0.717, 1.165) is 12.1 Å². The van der Waals surface area contributed by atoms with E-state index in [9.17, 15) is 23.1 Å². The first-order valence-electron chi connectivity index (χ1n) is 9.57. The molecule has 0 bridgehead atoms. The minimum absolute atomic E-state index is 0.200. The number of carbonyl (C=O) groups is 1. The molecular formula is C23H17ClF3NO4. The maximum atomic E-state index is 13.2. The summed E-state index contributed by atoms with van der Waals surface area (Å²) in [6, 6.07) is 16.9. The summed E-state index contributed by atoms with van der Waals surface area (Å²) in [6.07, 6.45) is -6.33. The number of carbonyl (C=O) groups excluding carboxylic acids is 1. The quantitative estimate of drug-likeness (QED) is 0.488. The number of amides is 1. The van der Waals surface area contributed by atoms with Crippen LogP contribution in [0, 0.1) is 0 Å². The monoisotopic (exact) mass is 463 g/mol. The molecule has 0 unspecified atom stereocenters. The Hall–Kier alpha value is -3.23. The lowest BCUT2D eigenvalue weighted by Gasteiger charge is -2.25. The summed E-state index contributed by atoms with van der Waals surface area (Å²) in [5.74, 6) is 1.04. The van der Waals surface area contributed by atoms with E-state index in [2.05, 4.69) is 0 Å². The van der Waals surface area contributed by atoms with E-state index < -0.39 is 36.6 Å². The van der Waals surface area contributed by atoms with Gasteiger partial charge in [-0.05, 0) is 66.2 Å². The van der Waals surface area contributed by atoms with Gasteiger partial charge in [0.15, 0.2) is 6.10 Å². The van der Waals surface area contributed by atoms with Crippen molar-refractivity contribution in [1.82, 2.24) is 0 Å². The predicted octanol–water partition coefficient (Wildman–Crippen LogP) is 6.21. The van der Waals surface area contributed by atoms with Gasteiger partial charge in [-0.25, -0.2) is 4.79 Å². The molecule has 0 radical (unpaired) electrons. The first-order valence-corrected chi connectivity index (χ1v) is 9.95. The van der Waals surface area contributed by atoms with Gasteiger partial charge in [-0.15, -0.1) is 0 Å². The Morgan fingerprint density at radius 1 is 1.00 bits per heavy atom. The third kappa shape index (κ3) is 4.51. The van der Waals surface area contributed by atoms with Crippen LogP contribution >= 0.6 is 11.6 Å². The van der Waals surface area contributed by atoms with Crippen molar-refractivity contribution >= 4 is 23.4 Å². The van der Waals surface area contributed by atoms with Crippen molar-refractivity contribution in [1.29, 1.82) is 0 Å². The van der Waals surface area contributed by atoms with Crippen LogP contribution in [0.25, 0.3) is 0 Å². The number of aliphatic hydroxyl groups excluding tert-OH is 1. The number of halogens is 4. The molecule has 5 nitrogen and oxygen atoms in total. The fourth-order valence-electron chi connectivity index (χ4n) is 3.51. The lowest BCUT2D eigenvalue weighted by atomic mass is 9.98. The maximum Gasteiger partial charge on any atom is 0.416 e. The molecule has 9 heteroatoms. The molecule has 166 valence electrons. The molecule has 1 fully saturated rings. The van der Waals surface area contributed by atoms with Crippen LogP contribution in [-0.4, -0.2) is 23.9 Å². The van der Waals surface area contributed by atoms with Gasteiger partial charge in [-0.3, -0.25) is 4.90 Å². The summed E-state index contributed by atoms with van der Waals surface area (Å²) in [6.45, 7) is -0.541. The number of ether oxygens (including phenoxy) is 2. The second-order valence-electron chi connectivity index (χ2n) is 7.09. The fraction of sp³-hybridized carbons (Fsp3) is 0.174. The average molecular weight is 464 g/mol. The van der Waals surface area contributed by atoms with Crippen molar-refractivity contribution in [3.8, 4) is 11.5 Å². The number of aliphatic hydroxyl groups is 1. The molecule has 1 aliphatic rings. The van der Waals surface area contributed by atoms with Crippen LogP contribution in [0.3, 0.4) is 0 Å². The summed E-state index contributed by atoms with van der Waals surface area (Å²) < 4.78 is 50.5. The second-order valence-corrected chi connectivity index (χ2v) is 7.53. The van der Waals surface area contributed by atoms with Crippen molar-refractivity contribution in [3.05, 3.63) is 88.9 Å². The van der Waals surface area contributed by atoms with Gasteiger partial charge in [0.25, 0.3) is 0 Å². The molecule has 1 heterocycles. The number of rotatable bonds is 5. The van der Waals surface area contributed by atoms with Crippen molar-refractivity contribution in [2.45, 2.75) is 18.3 Å². The fourth-order valence-corrected chi connectivity index (χ4v) is 3.64. The van der Waals surface area contributed by atoms with E-state index in [1.165, 1.54) is 17.0 Å². The summed E-state index contributed by atoms with van der Waals surface area (Å²) in [5, 5.41) is 10.3. The van der Waals surface area contributed by atoms with Crippen LogP contribution in [0.4, 0.5) is 23.7 Å². The van der Waals surface area contributed by atoms with Crippen LogP contribution in [-0.2, 0) is 10.9 Å². The summed E-state index contributed by atoms with van der Waals surface area (Å²) in [7, 11) is 0. The summed E-state index contributed by atoms with van der Waals surface area (Å²) >= 11 is 5.86. The smallest absolute Gasteiger partial charge is 0.416 e. The van der Waals surface area contributed by atoms with E-state index >= 15 is 0 Å². The molecule has 1 amide bonds. The molecule has 1 saturated heterocycles. The lowest BCUT2D eigenvalue weighted by Crippen LogP contribution is -2.30. The zero-order valence-corrected chi connectivity index (χ0v) is 17.2. The van der Waals surface area contributed by atoms with E-state index in [0.29, 0.717) is 22.2 Å². The predicted molar refractivity (Wildman–Crippen MR) is 112 cm³/mol. The Balaban J connectivity index is 1.63. The first kappa shape index (κ1) is 22.0. The number of hydrogen-bond donors (Lipinski definition) is 1. The molecule has 3 aromatic rings. The molecule has 1 aliphatic heterocycles. The second kappa shape index (κ2) is 8.72. The van der Waals surface area contributed by atoms with Gasteiger partial charge in [0, 0.05) is 10.7 Å². The van der Waals surface area contributed by atoms with Crippen LogP contribution in [0.2, 0.25) is 5.02 Å². The Morgan fingerprint density at radius 3 is 2.22 bits per heavy atom. The molecule has 32 heavy (non-hydrogen) atoms. The topological polar surface area (TPSA) is 59.0 Å². The van der Waals surface area contributed by atoms with Crippen LogP contribution in [0.1, 0.15) is 17.2 Å². The van der Waals surface area contributed by atoms with Gasteiger partial charge < -0.3 is 14.6 Å². The molecule has 2 atom stereocenters. The third-order valence-corrected chi connectivity index (χ3v) is 5.23. The van der Waals surface area contributed by atoms with E-state index in [1.54, 1.807) is 48.5 Å². The van der Waals surface area contributed by atoms with E-state index in [1.807, 2.05) is 0 Å². The Bertz CT molecular complexity index is 1100. The molecule has 0 aromatic heterocycles. The number of hydrogen-bond acceptors (Lipinski definition) is 4. The molecule has 4 rings (SSSR count). The molecule has 0 spiro atoms.